The Morgan fingerprint density at radius 1 is 0.808 bits per heavy atom. The van der Waals surface area contributed by atoms with Crippen molar-refractivity contribution in [3.63, 3.8) is 0 Å². The van der Waals surface area contributed by atoms with Crippen LogP contribution in [-0.4, -0.2) is 29.7 Å². The lowest BCUT2D eigenvalue weighted by molar-refractivity contribution is 0.126. The predicted molar refractivity (Wildman–Crippen MR) is 111 cm³/mol. The summed E-state index contributed by atoms with van der Waals surface area (Å²) in [5, 5.41) is 3.50. The first-order valence-electron chi connectivity index (χ1n) is 10.4. The highest BCUT2D eigenvalue weighted by molar-refractivity contribution is 5.86. The van der Waals surface area contributed by atoms with Crippen molar-refractivity contribution in [1.82, 2.24) is 9.97 Å². The summed E-state index contributed by atoms with van der Waals surface area (Å²) >= 11 is 0. The molecule has 2 aromatic heterocycles. The fourth-order valence-corrected chi connectivity index (χ4v) is 3.11. The SMILES string of the molecule is CCCCCCOCCCCCCCCNc1ccnc2cccnc12. The van der Waals surface area contributed by atoms with E-state index in [1.165, 1.54) is 64.2 Å². The van der Waals surface area contributed by atoms with E-state index in [2.05, 4.69) is 22.2 Å². The predicted octanol–water partition coefficient (Wildman–Crippen LogP) is 5.98. The van der Waals surface area contributed by atoms with Crippen LogP contribution in [0.5, 0.6) is 0 Å². The zero-order valence-corrected chi connectivity index (χ0v) is 16.4. The molecule has 0 radical (unpaired) electrons. The van der Waals surface area contributed by atoms with Gasteiger partial charge in [-0.15, -0.1) is 0 Å². The number of pyridine rings is 2. The van der Waals surface area contributed by atoms with Gasteiger partial charge in [-0.1, -0.05) is 51.9 Å². The van der Waals surface area contributed by atoms with Gasteiger partial charge >= 0.3 is 0 Å². The largest absolute Gasteiger partial charge is 0.383 e. The molecule has 4 nitrogen and oxygen atoms in total. The summed E-state index contributed by atoms with van der Waals surface area (Å²) in [7, 11) is 0. The topological polar surface area (TPSA) is 47.0 Å². The van der Waals surface area contributed by atoms with Gasteiger partial charge in [0.05, 0.1) is 11.2 Å². The Kier molecular flexibility index (Phi) is 10.7. The summed E-state index contributed by atoms with van der Waals surface area (Å²) in [4.78, 5) is 8.78. The fraction of sp³-hybridized carbons (Fsp3) is 0.636. The maximum absolute atomic E-state index is 5.69. The molecule has 0 saturated carbocycles. The molecule has 26 heavy (non-hydrogen) atoms. The van der Waals surface area contributed by atoms with Crippen molar-refractivity contribution in [3.8, 4) is 0 Å². The van der Waals surface area contributed by atoms with Gasteiger partial charge in [-0.2, -0.15) is 0 Å². The lowest BCUT2D eigenvalue weighted by Crippen LogP contribution is -2.03. The molecular weight excluding hydrogens is 322 g/mol. The average Bonchev–Trinajstić information content (AvgIpc) is 2.68. The van der Waals surface area contributed by atoms with Crippen LogP contribution in [0.2, 0.25) is 0 Å². The lowest BCUT2D eigenvalue weighted by Gasteiger charge is -2.08. The molecule has 2 heterocycles. The van der Waals surface area contributed by atoms with Gasteiger partial charge in [-0.05, 0) is 37.5 Å². The van der Waals surface area contributed by atoms with Crippen LogP contribution >= 0.6 is 0 Å². The van der Waals surface area contributed by atoms with Gasteiger partial charge in [0.25, 0.3) is 0 Å². The second-order valence-corrected chi connectivity index (χ2v) is 6.95. The van der Waals surface area contributed by atoms with Crippen LogP contribution in [-0.2, 0) is 4.74 Å². The van der Waals surface area contributed by atoms with Gasteiger partial charge in [0.2, 0.25) is 0 Å². The van der Waals surface area contributed by atoms with E-state index in [9.17, 15) is 0 Å². The summed E-state index contributed by atoms with van der Waals surface area (Å²) in [6.07, 6.45) is 16.5. The molecule has 144 valence electrons. The minimum atomic E-state index is 0.940. The smallest absolute Gasteiger partial charge is 0.112 e. The van der Waals surface area contributed by atoms with Gasteiger partial charge in [-0.3, -0.25) is 9.97 Å². The molecule has 0 amide bonds. The van der Waals surface area contributed by atoms with E-state index in [-0.39, 0.29) is 0 Å². The van der Waals surface area contributed by atoms with E-state index in [0.717, 1.165) is 36.5 Å². The van der Waals surface area contributed by atoms with E-state index in [1.807, 2.05) is 30.6 Å². The van der Waals surface area contributed by atoms with Gasteiger partial charge in [0, 0.05) is 32.2 Å². The Bertz CT molecular complexity index is 597. The number of aromatic nitrogens is 2. The third-order valence-electron chi connectivity index (χ3n) is 4.67. The maximum atomic E-state index is 5.69. The normalized spacial score (nSPS) is 11.1. The van der Waals surface area contributed by atoms with Crippen molar-refractivity contribution in [1.29, 1.82) is 0 Å². The second kappa shape index (κ2) is 13.5. The third-order valence-corrected chi connectivity index (χ3v) is 4.67. The third kappa shape index (κ3) is 8.13. The molecule has 0 aliphatic carbocycles. The fourth-order valence-electron chi connectivity index (χ4n) is 3.11. The summed E-state index contributed by atoms with van der Waals surface area (Å²) in [6, 6.07) is 5.94. The molecule has 0 unspecified atom stereocenters. The number of hydrogen-bond acceptors (Lipinski definition) is 4. The number of fused-ring (bicyclic) bond motifs is 1. The molecule has 1 N–H and O–H groups in total. The quantitative estimate of drug-likeness (QED) is 0.398. The van der Waals surface area contributed by atoms with E-state index in [0.29, 0.717) is 0 Å². The summed E-state index contributed by atoms with van der Waals surface area (Å²) < 4.78 is 5.69. The second-order valence-electron chi connectivity index (χ2n) is 6.95. The molecule has 0 aliphatic heterocycles. The molecule has 0 spiro atoms. The minimum Gasteiger partial charge on any atom is -0.383 e. The van der Waals surface area contributed by atoms with Crippen molar-refractivity contribution in [2.75, 3.05) is 25.1 Å². The monoisotopic (exact) mass is 357 g/mol. The number of nitrogens with one attached hydrogen (secondary N) is 1. The van der Waals surface area contributed by atoms with E-state index in [1.54, 1.807) is 0 Å². The van der Waals surface area contributed by atoms with Crippen molar-refractivity contribution < 1.29 is 4.74 Å². The van der Waals surface area contributed by atoms with Gasteiger partial charge in [-0.25, -0.2) is 0 Å². The van der Waals surface area contributed by atoms with Crippen LogP contribution in [0.1, 0.15) is 71.1 Å². The van der Waals surface area contributed by atoms with Crippen molar-refractivity contribution in [2.24, 2.45) is 0 Å². The standard InChI is InChI=1S/C22H35N3O/c1-2-3-4-10-18-26-19-11-8-6-5-7-9-15-23-21-14-17-24-20-13-12-16-25-22(20)21/h12-14,16-17H,2-11,15,18-19H2,1H3,(H,23,24). The minimum absolute atomic E-state index is 0.940. The molecule has 0 aliphatic rings. The lowest BCUT2D eigenvalue weighted by atomic mass is 10.1. The Labute approximate surface area is 158 Å². The number of ether oxygens (including phenoxy) is 1. The number of rotatable bonds is 15. The van der Waals surface area contributed by atoms with Crippen LogP contribution < -0.4 is 5.32 Å². The van der Waals surface area contributed by atoms with Crippen LogP contribution in [0.25, 0.3) is 11.0 Å². The van der Waals surface area contributed by atoms with Crippen LogP contribution in [0.3, 0.4) is 0 Å². The first-order valence-corrected chi connectivity index (χ1v) is 10.4. The van der Waals surface area contributed by atoms with Crippen LogP contribution in [0.15, 0.2) is 30.6 Å². The first-order chi connectivity index (χ1) is 12.9. The van der Waals surface area contributed by atoms with E-state index >= 15 is 0 Å². The Balaban J connectivity index is 1.43. The summed E-state index contributed by atoms with van der Waals surface area (Å²) in [6.45, 7) is 5.13. The molecular formula is C22H35N3O. The Morgan fingerprint density at radius 2 is 1.54 bits per heavy atom. The van der Waals surface area contributed by atoms with Gasteiger partial charge in [0.15, 0.2) is 0 Å². The Morgan fingerprint density at radius 3 is 2.35 bits per heavy atom. The molecule has 0 atom stereocenters. The average molecular weight is 358 g/mol. The van der Waals surface area contributed by atoms with Crippen LogP contribution in [0, 0.1) is 0 Å². The first kappa shape index (κ1) is 20.6. The number of hydrogen-bond donors (Lipinski definition) is 1. The maximum Gasteiger partial charge on any atom is 0.112 e. The van der Waals surface area contributed by atoms with Gasteiger partial charge < -0.3 is 10.1 Å². The van der Waals surface area contributed by atoms with Crippen molar-refractivity contribution in [3.05, 3.63) is 30.6 Å². The highest BCUT2D eigenvalue weighted by Gasteiger charge is 2.01. The summed E-state index contributed by atoms with van der Waals surface area (Å²) in [5.74, 6) is 0. The molecule has 2 aromatic rings. The molecule has 4 heteroatoms. The number of nitrogens with zero attached hydrogens (tertiary/aromatic N) is 2. The van der Waals surface area contributed by atoms with E-state index < -0.39 is 0 Å². The highest BCUT2D eigenvalue weighted by atomic mass is 16.5. The Hall–Kier alpha value is -1.68. The zero-order chi connectivity index (χ0) is 18.3. The zero-order valence-electron chi connectivity index (χ0n) is 16.4. The number of unbranched alkanes of at least 4 members (excludes halogenated alkanes) is 8. The van der Waals surface area contributed by atoms with Crippen molar-refractivity contribution in [2.45, 2.75) is 71.1 Å². The van der Waals surface area contributed by atoms with Crippen molar-refractivity contribution >= 4 is 16.7 Å². The molecule has 0 fully saturated rings. The molecule has 2 rings (SSSR count). The molecule has 0 bridgehead atoms. The van der Waals surface area contributed by atoms with Gasteiger partial charge in [0.1, 0.15) is 5.52 Å². The molecule has 0 saturated heterocycles. The highest BCUT2D eigenvalue weighted by Crippen LogP contribution is 2.18. The van der Waals surface area contributed by atoms with E-state index in [4.69, 9.17) is 4.74 Å². The number of anilines is 1. The molecule has 0 aromatic carbocycles. The summed E-state index contributed by atoms with van der Waals surface area (Å²) in [5.41, 5.74) is 3.00. The van der Waals surface area contributed by atoms with Crippen LogP contribution in [0.4, 0.5) is 5.69 Å².